The van der Waals surface area contributed by atoms with Crippen molar-refractivity contribution in [1.29, 1.82) is 0 Å². The van der Waals surface area contributed by atoms with Crippen LogP contribution in [0, 0.1) is 0 Å². The van der Waals surface area contributed by atoms with Crippen molar-refractivity contribution in [2.45, 2.75) is 27.9 Å². The van der Waals surface area contributed by atoms with Crippen LogP contribution < -0.4 is 10.5 Å². The largest absolute Gasteiger partial charge is 0.309 e. The maximum Gasteiger partial charge on any atom is 0.247 e. The molecule has 2 heterocycles. The number of hydrogen-bond acceptors (Lipinski definition) is 6. The second-order valence-corrected chi connectivity index (χ2v) is 9.06. The molecule has 0 unspecified atom stereocenters. The van der Waals surface area contributed by atoms with Crippen LogP contribution in [-0.2, 0) is 26.4 Å². The summed E-state index contributed by atoms with van der Waals surface area (Å²) < 4.78 is 46.3. The van der Waals surface area contributed by atoms with E-state index in [-0.39, 0.29) is 20.2 Å². The Morgan fingerprint density at radius 3 is 2.76 bits per heavy atom. The average Bonchev–Trinajstić information content (AvgIpc) is 2.53. The predicted octanol–water partition coefficient (Wildman–Crippen LogP) is -0.339. The molecule has 0 radical (unpaired) electrons. The molecule has 0 saturated carbocycles. The highest BCUT2D eigenvalue weighted by Crippen LogP contribution is 2.32. The van der Waals surface area contributed by atoms with Gasteiger partial charge < -0.3 is 5.32 Å². The number of rotatable bonds is 1. The molecule has 17 heavy (non-hydrogen) atoms. The van der Waals surface area contributed by atoms with Gasteiger partial charge in [0.25, 0.3) is 0 Å². The Hall–Kier alpha value is -0.480. The molecule has 3 N–H and O–H groups in total. The molecule has 1 aromatic rings. The number of sulfone groups is 1. The van der Waals surface area contributed by atoms with Gasteiger partial charge in [-0.1, -0.05) is 0 Å². The lowest BCUT2D eigenvalue weighted by Gasteiger charge is -2.07. The van der Waals surface area contributed by atoms with Gasteiger partial charge in [0.1, 0.15) is 8.42 Å². The van der Waals surface area contributed by atoms with Crippen molar-refractivity contribution in [3.8, 4) is 0 Å². The quantitative estimate of drug-likeness (QED) is 0.737. The number of fused-ring (bicyclic) bond motifs is 1. The van der Waals surface area contributed by atoms with Crippen LogP contribution in [0.4, 0.5) is 0 Å². The van der Waals surface area contributed by atoms with Crippen LogP contribution in [0.2, 0.25) is 0 Å². The first-order valence-corrected chi connectivity index (χ1v) is 8.83. The highest BCUT2D eigenvalue weighted by Gasteiger charge is 2.29. The summed E-state index contributed by atoms with van der Waals surface area (Å²) in [6, 6.07) is 1.18. The number of primary sulfonamides is 1. The fourth-order valence-electron chi connectivity index (χ4n) is 1.66. The molecule has 1 aliphatic heterocycles. The molecule has 0 fully saturated rings. The van der Waals surface area contributed by atoms with Crippen LogP contribution in [-0.4, -0.2) is 28.6 Å². The van der Waals surface area contributed by atoms with Crippen LogP contribution in [0.15, 0.2) is 14.5 Å². The van der Waals surface area contributed by atoms with E-state index in [1.54, 1.807) is 6.92 Å². The van der Waals surface area contributed by atoms with Gasteiger partial charge in [0, 0.05) is 12.6 Å². The van der Waals surface area contributed by atoms with Crippen molar-refractivity contribution in [3.63, 3.8) is 0 Å². The van der Waals surface area contributed by atoms with E-state index >= 15 is 0 Å². The normalized spacial score (nSPS) is 24.0. The fraction of sp³-hybridized carbons (Fsp3) is 0.500. The first kappa shape index (κ1) is 13.0. The smallest absolute Gasteiger partial charge is 0.247 e. The fourth-order valence-corrected chi connectivity index (χ4v) is 5.93. The van der Waals surface area contributed by atoms with Crippen molar-refractivity contribution in [1.82, 2.24) is 5.32 Å². The molecular weight excluding hydrogens is 284 g/mol. The third-order valence-electron chi connectivity index (χ3n) is 2.42. The van der Waals surface area contributed by atoms with Crippen molar-refractivity contribution in [2.24, 2.45) is 5.14 Å². The minimum absolute atomic E-state index is 0.0371. The number of thiophene rings is 1. The Morgan fingerprint density at radius 1 is 1.53 bits per heavy atom. The summed E-state index contributed by atoms with van der Waals surface area (Å²) in [5.74, 6) is -0.0371. The van der Waals surface area contributed by atoms with E-state index in [4.69, 9.17) is 5.14 Å². The van der Waals surface area contributed by atoms with Crippen LogP contribution in [0.25, 0.3) is 0 Å². The lowest BCUT2D eigenvalue weighted by molar-refractivity contribution is 0.570. The highest BCUT2D eigenvalue weighted by atomic mass is 32.3. The van der Waals surface area contributed by atoms with Gasteiger partial charge in [-0.2, -0.15) is 0 Å². The van der Waals surface area contributed by atoms with Crippen LogP contribution in [0.5, 0.6) is 0 Å². The number of nitrogens with two attached hydrogens (primary N) is 1. The third kappa shape index (κ3) is 2.52. The highest BCUT2D eigenvalue weighted by molar-refractivity contribution is 7.95. The lowest BCUT2D eigenvalue weighted by atomic mass is 10.3. The SMILES string of the molecule is C[C@H]1CS(=O)(=O)c2sc(S(N)(=O)=O)cc2CN1. The van der Waals surface area contributed by atoms with Gasteiger partial charge in [0.15, 0.2) is 9.84 Å². The zero-order chi connectivity index (χ0) is 12.8. The zero-order valence-corrected chi connectivity index (χ0v) is 11.5. The van der Waals surface area contributed by atoms with Crippen molar-refractivity contribution in [2.75, 3.05) is 5.75 Å². The minimum atomic E-state index is -3.85. The van der Waals surface area contributed by atoms with Crippen molar-refractivity contribution < 1.29 is 16.8 Å². The van der Waals surface area contributed by atoms with Crippen LogP contribution >= 0.6 is 11.3 Å². The molecule has 0 aliphatic carbocycles. The summed E-state index contributed by atoms with van der Waals surface area (Å²) in [7, 11) is -7.28. The first-order valence-electron chi connectivity index (χ1n) is 4.82. The Bertz CT molecular complexity index is 644. The molecular formula is C8H12N2O4S3. The third-order valence-corrected chi connectivity index (χ3v) is 7.59. The minimum Gasteiger partial charge on any atom is -0.309 e. The van der Waals surface area contributed by atoms with Crippen LogP contribution in [0.3, 0.4) is 0 Å². The molecule has 1 aromatic heterocycles. The van der Waals surface area contributed by atoms with Gasteiger partial charge in [0.05, 0.1) is 5.75 Å². The molecule has 0 aromatic carbocycles. The van der Waals surface area contributed by atoms with Gasteiger partial charge in [0.2, 0.25) is 10.0 Å². The van der Waals surface area contributed by atoms with Crippen molar-refractivity contribution >= 4 is 31.2 Å². The summed E-state index contributed by atoms with van der Waals surface area (Å²) in [5.41, 5.74) is 0.475. The second-order valence-electron chi connectivity index (χ2n) is 3.99. The zero-order valence-electron chi connectivity index (χ0n) is 9.00. The van der Waals surface area contributed by atoms with E-state index in [9.17, 15) is 16.8 Å². The Kier molecular flexibility index (Phi) is 3.07. The van der Waals surface area contributed by atoms with E-state index in [1.165, 1.54) is 6.07 Å². The summed E-state index contributed by atoms with van der Waals surface area (Å²) in [4.78, 5) is 0. The molecule has 6 nitrogen and oxygen atoms in total. The average molecular weight is 296 g/mol. The van der Waals surface area contributed by atoms with E-state index in [0.29, 0.717) is 12.1 Å². The molecule has 1 aliphatic rings. The lowest BCUT2D eigenvalue weighted by Crippen LogP contribution is -2.29. The molecule has 0 amide bonds. The summed E-state index contributed by atoms with van der Waals surface area (Å²) >= 11 is 0.724. The number of nitrogens with one attached hydrogen (secondary N) is 1. The first-order chi connectivity index (χ1) is 7.70. The van der Waals surface area contributed by atoms with Gasteiger partial charge in [-0.3, -0.25) is 0 Å². The molecule has 96 valence electrons. The van der Waals surface area contributed by atoms with Gasteiger partial charge in [-0.15, -0.1) is 11.3 Å². The monoisotopic (exact) mass is 296 g/mol. The molecule has 9 heteroatoms. The Morgan fingerprint density at radius 2 is 2.18 bits per heavy atom. The van der Waals surface area contributed by atoms with Crippen LogP contribution in [0.1, 0.15) is 12.5 Å². The maximum atomic E-state index is 12.0. The summed E-state index contributed by atoms with van der Waals surface area (Å²) in [5, 5.41) is 8.00. The number of sulfonamides is 1. The second kappa shape index (κ2) is 4.02. The standard InChI is InChI=1S/C8H12N2O4S3/c1-5-4-16(11,12)8-6(3-10-5)2-7(15-8)17(9,13)14/h2,5,10H,3-4H2,1H3,(H2,9,13,14)/t5-/m0/s1. The van der Waals surface area contributed by atoms with E-state index in [2.05, 4.69) is 5.32 Å². The Labute approximate surface area is 104 Å². The Balaban J connectivity index is 2.61. The van der Waals surface area contributed by atoms with Crippen molar-refractivity contribution in [3.05, 3.63) is 11.6 Å². The molecule has 0 spiro atoms. The van der Waals surface area contributed by atoms with E-state index in [0.717, 1.165) is 11.3 Å². The topological polar surface area (TPSA) is 106 Å². The number of hydrogen-bond donors (Lipinski definition) is 2. The molecule has 0 bridgehead atoms. The maximum absolute atomic E-state index is 12.0. The molecule has 1 atom stereocenters. The molecule has 2 rings (SSSR count). The van der Waals surface area contributed by atoms with Gasteiger partial charge in [-0.05, 0) is 18.6 Å². The van der Waals surface area contributed by atoms with Gasteiger partial charge >= 0.3 is 0 Å². The van der Waals surface area contributed by atoms with E-state index < -0.39 is 19.9 Å². The van der Waals surface area contributed by atoms with E-state index in [1.807, 2.05) is 0 Å². The predicted molar refractivity (Wildman–Crippen MR) is 64.0 cm³/mol. The molecule has 0 saturated heterocycles. The summed E-state index contributed by atoms with van der Waals surface area (Å²) in [6.45, 7) is 2.11. The summed E-state index contributed by atoms with van der Waals surface area (Å²) in [6.07, 6.45) is 0. The van der Waals surface area contributed by atoms with Gasteiger partial charge in [-0.25, -0.2) is 22.0 Å².